The minimum atomic E-state index is 0.424. The molecule has 0 spiro atoms. The van der Waals surface area contributed by atoms with Crippen molar-refractivity contribution in [3.05, 3.63) is 0 Å². The molecule has 2 fully saturated rings. The number of hydrogen-bond acceptors (Lipinski definition) is 3. The summed E-state index contributed by atoms with van der Waals surface area (Å²) in [6, 6.07) is 1.66. The van der Waals surface area contributed by atoms with E-state index < -0.39 is 0 Å². The van der Waals surface area contributed by atoms with Gasteiger partial charge in [0, 0.05) is 38.8 Å². The third kappa shape index (κ3) is 5.41. The molecule has 2 aliphatic rings. The van der Waals surface area contributed by atoms with E-state index in [9.17, 15) is 0 Å². The average Bonchev–Trinajstić information content (AvgIpc) is 3.26. The van der Waals surface area contributed by atoms with Crippen molar-refractivity contribution in [2.45, 2.75) is 64.5 Å². The first kappa shape index (κ1) is 15.3. The Morgan fingerprint density at radius 1 is 1.26 bits per heavy atom. The van der Waals surface area contributed by atoms with E-state index >= 15 is 0 Å². The number of nitrogens with one attached hydrogen (secondary N) is 1. The fourth-order valence-corrected chi connectivity index (χ4v) is 3.03. The summed E-state index contributed by atoms with van der Waals surface area (Å²) >= 11 is 0. The normalized spacial score (nSPS) is 22.7. The highest BCUT2D eigenvalue weighted by Gasteiger charge is 2.35. The maximum atomic E-state index is 5.28. The summed E-state index contributed by atoms with van der Waals surface area (Å²) in [5.74, 6) is 0. The molecule has 1 unspecified atom stereocenters. The van der Waals surface area contributed by atoms with Crippen molar-refractivity contribution in [1.29, 1.82) is 0 Å². The maximum absolute atomic E-state index is 5.28. The quantitative estimate of drug-likeness (QED) is 0.623. The first-order valence-corrected chi connectivity index (χ1v) is 8.13. The van der Waals surface area contributed by atoms with Crippen molar-refractivity contribution in [3.8, 4) is 0 Å². The van der Waals surface area contributed by atoms with Crippen molar-refractivity contribution in [2.24, 2.45) is 5.41 Å². The van der Waals surface area contributed by atoms with Gasteiger partial charge in [0.1, 0.15) is 0 Å². The van der Waals surface area contributed by atoms with Crippen LogP contribution >= 0.6 is 0 Å². The van der Waals surface area contributed by atoms with Crippen molar-refractivity contribution in [2.75, 3.05) is 33.4 Å². The maximum Gasteiger partial charge on any atom is 0.0589 e. The van der Waals surface area contributed by atoms with Gasteiger partial charge in [-0.2, -0.15) is 0 Å². The summed E-state index contributed by atoms with van der Waals surface area (Å²) in [5, 5.41) is 3.74. The Balaban J connectivity index is 1.83. The van der Waals surface area contributed by atoms with E-state index in [2.05, 4.69) is 24.1 Å². The summed E-state index contributed by atoms with van der Waals surface area (Å²) in [7, 11) is 1.81. The van der Waals surface area contributed by atoms with Crippen LogP contribution in [0.25, 0.3) is 0 Å². The average molecular weight is 268 g/mol. The highest BCUT2D eigenvalue weighted by molar-refractivity contribution is 4.91. The molecule has 2 rings (SSSR count). The molecule has 2 saturated carbocycles. The Labute approximate surface area is 119 Å². The number of hydrogen-bond donors (Lipinski definition) is 1. The van der Waals surface area contributed by atoms with E-state index in [0.29, 0.717) is 5.41 Å². The molecule has 0 aromatic heterocycles. The van der Waals surface area contributed by atoms with Gasteiger partial charge in [0.05, 0.1) is 6.61 Å². The van der Waals surface area contributed by atoms with Crippen LogP contribution in [0.2, 0.25) is 0 Å². The van der Waals surface area contributed by atoms with Crippen LogP contribution in [-0.4, -0.2) is 50.3 Å². The molecule has 3 nitrogen and oxygen atoms in total. The smallest absolute Gasteiger partial charge is 0.0589 e. The molecule has 0 radical (unpaired) electrons. The Hall–Kier alpha value is -0.120. The summed E-state index contributed by atoms with van der Waals surface area (Å²) in [6.07, 6.45) is 8.16. The molecule has 0 saturated heterocycles. The zero-order valence-corrected chi connectivity index (χ0v) is 13.1. The molecule has 0 bridgehead atoms. The highest BCUT2D eigenvalue weighted by Crippen LogP contribution is 2.32. The molecular weight excluding hydrogens is 236 g/mol. The third-order valence-electron chi connectivity index (χ3n) is 4.48. The molecule has 0 aromatic carbocycles. The zero-order chi connectivity index (χ0) is 13.7. The van der Waals surface area contributed by atoms with E-state index in [-0.39, 0.29) is 0 Å². The number of ether oxygens (including phenoxy) is 1. The van der Waals surface area contributed by atoms with Crippen LogP contribution in [0.3, 0.4) is 0 Å². The van der Waals surface area contributed by atoms with Gasteiger partial charge in [0.15, 0.2) is 0 Å². The monoisotopic (exact) mass is 268 g/mol. The molecule has 112 valence electrons. The van der Waals surface area contributed by atoms with E-state index in [1.165, 1.54) is 51.6 Å². The zero-order valence-electron chi connectivity index (χ0n) is 13.1. The summed E-state index contributed by atoms with van der Waals surface area (Å²) < 4.78 is 5.28. The van der Waals surface area contributed by atoms with Gasteiger partial charge in [-0.05, 0) is 37.5 Å². The molecule has 0 heterocycles. The molecule has 1 N–H and O–H groups in total. The Kier molecular flexibility index (Phi) is 5.67. The molecule has 3 heteroatoms. The fraction of sp³-hybridized carbons (Fsp3) is 1.00. The van der Waals surface area contributed by atoms with Crippen LogP contribution < -0.4 is 5.32 Å². The Bertz CT molecular complexity index is 263. The van der Waals surface area contributed by atoms with Gasteiger partial charge in [-0.1, -0.05) is 20.3 Å². The second kappa shape index (κ2) is 7.05. The van der Waals surface area contributed by atoms with Crippen molar-refractivity contribution in [3.63, 3.8) is 0 Å². The largest absolute Gasteiger partial charge is 0.383 e. The molecule has 0 aliphatic heterocycles. The predicted molar refractivity (Wildman–Crippen MR) is 80.5 cm³/mol. The van der Waals surface area contributed by atoms with Crippen LogP contribution in [0, 0.1) is 5.41 Å². The molecule has 1 atom stereocenters. The lowest BCUT2D eigenvalue weighted by atomic mass is 9.84. The van der Waals surface area contributed by atoms with Gasteiger partial charge >= 0.3 is 0 Å². The lowest BCUT2D eigenvalue weighted by molar-refractivity contribution is 0.100. The first-order valence-electron chi connectivity index (χ1n) is 8.13. The van der Waals surface area contributed by atoms with Gasteiger partial charge in [-0.3, -0.25) is 4.90 Å². The fourth-order valence-electron chi connectivity index (χ4n) is 3.03. The topological polar surface area (TPSA) is 24.5 Å². The Morgan fingerprint density at radius 3 is 2.53 bits per heavy atom. The molecular formula is C16H32N2O. The second-order valence-electron chi connectivity index (χ2n) is 6.91. The van der Waals surface area contributed by atoms with Crippen LogP contribution in [0.5, 0.6) is 0 Å². The number of nitrogens with zero attached hydrogens (tertiary/aromatic N) is 1. The standard InChI is InChI=1S/C16H32N2O/c1-4-9-16(2,12-17-14-5-6-14)13-18(10-11-19-3)15-7-8-15/h14-15,17H,4-13H2,1-3H3. The molecule has 0 amide bonds. The summed E-state index contributed by atoms with van der Waals surface area (Å²) in [4.78, 5) is 2.67. The van der Waals surface area contributed by atoms with E-state index in [0.717, 1.165) is 25.2 Å². The van der Waals surface area contributed by atoms with Crippen LogP contribution in [0.4, 0.5) is 0 Å². The van der Waals surface area contributed by atoms with E-state index in [1.807, 2.05) is 7.11 Å². The molecule has 19 heavy (non-hydrogen) atoms. The van der Waals surface area contributed by atoms with Crippen molar-refractivity contribution in [1.82, 2.24) is 10.2 Å². The van der Waals surface area contributed by atoms with Crippen LogP contribution in [0.15, 0.2) is 0 Å². The predicted octanol–water partition coefficient (Wildman–Crippen LogP) is 2.66. The van der Waals surface area contributed by atoms with Gasteiger partial charge in [0.25, 0.3) is 0 Å². The van der Waals surface area contributed by atoms with Crippen molar-refractivity contribution < 1.29 is 4.74 Å². The second-order valence-corrected chi connectivity index (χ2v) is 6.91. The SMILES string of the molecule is CCCC(C)(CNC1CC1)CN(CCOC)C1CC1. The first-order chi connectivity index (χ1) is 9.17. The third-order valence-corrected chi connectivity index (χ3v) is 4.48. The van der Waals surface area contributed by atoms with E-state index in [4.69, 9.17) is 4.74 Å². The summed E-state index contributed by atoms with van der Waals surface area (Å²) in [6.45, 7) is 9.16. The van der Waals surface area contributed by atoms with Crippen LogP contribution in [-0.2, 0) is 4.74 Å². The number of methoxy groups -OCH3 is 1. The molecule has 0 aromatic rings. The van der Waals surface area contributed by atoms with Crippen molar-refractivity contribution >= 4 is 0 Å². The highest BCUT2D eigenvalue weighted by atomic mass is 16.5. The minimum Gasteiger partial charge on any atom is -0.383 e. The van der Waals surface area contributed by atoms with Gasteiger partial charge in [-0.25, -0.2) is 0 Å². The lowest BCUT2D eigenvalue weighted by Crippen LogP contribution is -2.44. The van der Waals surface area contributed by atoms with Gasteiger partial charge in [0.2, 0.25) is 0 Å². The lowest BCUT2D eigenvalue weighted by Gasteiger charge is -2.36. The number of rotatable bonds is 11. The van der Waals surface area contributed by atoms with Gasteiger partial charge < -0.3 is 10.1 Å². The molecule has 2 aliphatic carbocycles. The van der Waals surface area contributed by atoms with E-state index in [1.54, 1.807) is 0 Å². The van der Waals surface area contributed by atoms with Crippen LogP contribution in [0.1, 0.15) is 52.4 Å². The summed E-state index contributed by atoms with van der Waals surface area (Å²) in [5.41, 5.74) is 0.424. The minimum absolute atomic E-state index is 0.424. The Morgan fingerprint density at radius 2 is 2.00 bits per heavy atom. The van der Waals surface area contributed by atoms with Gasteiger partial charge in [-0.15, -0.1) is 0 Å².